The van der Waals surface area contributed by atoms with E-state index in [-0.39, 0.29) is 11.4 Å². The van der Waals surface area contributed by atoms with Crippen LogP contribution in [0, 0.1) is 0 Å². The van der Waals surface area contributed by atoms with Gasteiger partial charge in [0.1, 0.15) is 0 Å². The van der Waals surface area contributed by atoms with Crippen LogP contribution in [0.5, 0.6) is 11.5 Å². The minimum Gasteiger partial charge on any atom is -0.504 e. The Bertz CT molecular complexity index is 358. The predicted molar refractivity (Wildman–Crippen MR) is 67.0 cm³/mol. The zero-order valence-electron chi connectivity index (χ0n) is 10.9. The second-order valence-electron chi connectivity index (χ2n) is 4.77. The molecule has 0 aliphatic rings. The number of phenolic OH excluding ortho intramolecular Hbond substituents is 1. The maximum Gasteiger partial charge on any atom is 0.161 e. The molecule has 4 heteroatoms. The molecule has 1 aromatic rings. The van der Waals surface area contributed by atoms with Gasteiger partial charge < -0.3 is 9.84 Å². The Morgan fingerprint density at radius 1 is 1.29 bits per heavy atom. The van der Waals surface area contributed by atoms with E-state index in [1.807, 2.05) is 33.8 Å². The lowest BCUT2D eigenvalue weighted by Crippen LogP contribution is -2.28. The number of nitrogens with one attached hydrogen (secondary N) is 1. The monoisotopic (exact) mass is 239 g/mol. The maximum absolute atomic E-state index is 9.54. The van der Waals surface area contributed by atoms with E-state index < -0.39 is 0 Å². The number of ether oxygens (including phenoxy) is 1. The summed E-state index contributed by atoms with van der Waals surface area (Å²) < 4.78 is 5.31. The molecule has 0 atom stereocenters. The number of hydrogen-bond donors (Lipinski definition) is 2. The van der Waals surface area contributed by atoms with Gasteiger partial charge in [0, 0.05) is 6.54 Å². The Kier molecular flexibility index (Phi) is 4.78. The van der Waals surface area contributed by atoms with Gasteiger partial charge in [0.2, 0.25) is 0 Å². The van der Waals surface area contributed by atoms with Crippen molar-refractivity contribution in [3.63, 3.8) is 0 Å². The normalized spacial score (nSPS) is 11.5. The van der Waals surface area contributed by atoms with Crippen molar-refractivity contribution in [2.75, 3.05) is 6.61 Å². The molecule has 0 aliphatic carbocycles. The van der Waals surface area contributed by atoms with Crippen LogP contribution in [0.3, 0.4) is 0 Å². The molecule has 1 rings (SSSR count). The summed E-state index contributed by atoms with van der Waals surface area (Å²) >= 11 is 0. The van der Waals surface area contributed by atoms with E-state index in [2.05, 4.69) is 5.48 Å². The van der Waals surface area contributed by atoms with Crippen LogP contribution < -0.4 is 10.2 Å². The van der Waals surface area contributed by atoms with Crippen molar-refractivity contribution in [1.82, 2.24) is 5.48 Å². The molecule has 2 N–H and O–H groups in total. The molecule has 0 heterocycles. The highest BCUT2D eigenvalue weighted by Crippen LogP contribution is 2.26. The van der Waals surface area contributed by atoms with E-state index in [1.54, 1.807) is 12.1 Å². The van der Waals surface area contributed by atoms with Gasteiger partial charge in [0.25, 0.3) is 0 Å². The average molecular weight is 239 g/mol. The van der Waals surface area contributed by atoms with Crippen LogP contribution in [0.4, 0.5) is 0 Å². The lowest BCUT2D eigenvalue weighted by Gasteiger charge is -2.19. The van der Waals surface area contributed by atoms with Gasteiger partial charge in [-0.2, -0.15) is 5.48 Å². The van der Waals surface area contributed by atoms with Crippen LogP contribution in [-0.2, 0) is 11.4 Å². The van der Waals surface area contributed by atoms with Gasteiger partial charge in [-0.1, -0.05) is 6.07 Å². The number of rotatable bonds is 5. The molecule has 0 radical (unpaired) electrons. The minimum absolute atomic E-state index is 0.160. The molecule has 0 aromatic heterocycles. The van der Waals surface area contributed by atoms with Crippen molar-refractivity contribution < 1.29 is 14.7 Å². The second kappa shape index (κ2) is 5.89. The largest absolute Gasteiger partial charge is 0.504 e. The molecular formula is C13H21NO3. The number of hydroxylamine groups is 1. The lowest BCUT2D eigenvalue weighted by atomic mass is 10.2. The van der Waals surface area contributed by atoms with Crippen molar-refractivity contribution in [3.8, 4) is 11.5 Å². The third kappa shape index (κ3) is 5.06. The fraction of sp³-hybridized carbons (Fsp3) is 0.538. The van der Waals surface area contributed by atoms with Gasteiger partial charge in [-0.05, 0) is 45.4 Å². The third-order valence-electron chi connectivity index (χ3n) is 1.98. The Balaban J connectivity index is 2.57. The summed E-state index contributed by atoms with van der Waals surface area (Å²) in [6.07, 6.45) is 0. The summed E-state index contributed by atoms with van der Waals surface area (Å²) in [6, 6.07) is 5.26. The van der Waals surface area contributed by atoms with Crippen LogP contribution in [0.15, 0.2) is 18.2 Å². The maximum atomic E-state index is 9.54. The highest BCUT2D eigenvalue weighted by Gasteiger charge is 2.10. The zero-order valence-corrected chi connectivity index (χ0v) is 10.9. The summed E-state index contributed by atoms with van der Waals surface area (Å²) in [5.74, 6) is 0.662. The Morgan fingerprint density at radius 2 is 2.00 bits per heavy atom. The zero-order chi connectivity index (χ0) is 12.9. The molecule has 17 heavy (non-hydrogen) atoms. The smallest absolute Gasteiger partial charge is 0.161 e. The van der Waals surface area contributed by atoms with Crippen LogP contribution in [0.25, 0.3) is 0 Å². The molecule has 96 valence electrons. The van der Waals surface area contributed by atoms with E-state index in [4.69, 9.17) is 9.57 Å². The van der Waals surface area contributed by atoms with Crippen molar-refractivity contribution in [3.05, 3.63) is 23.8 Å². The fourth-order valence-electron chi connectivity index (χ4n) is 1.28. The molecule has 0 amide bonds. The standard InChI is InChI=1S/C13H21NO3/c1-5-16-12-8-10(6-7-11(12)15)9-14-17-13(2,3)4/h6-8,14-15H,5,9H2,1-4H3. The van der Waals surface area contributed by atoms with E-state index >= 15 is 0 Å². The van der Waals surface area contributed by atoms with Crippen molar-refractivity contribution in [1.29, 1.82) is 0 Å². The van der Waals surface area contributed by atoms with Crippen molar-refractivity contribution in [2.24, 2.45) is 0 Å². The first-order valence-electron chi connectivity index (χ1n) is 5.78. The Morgan fingerprint density at radius 3 is 2.59 bits per heavy atom. The molecule has 0 saturated carbocycles. The van der Waals surface area contributed by atoms with Crippen LogP contribution in [0.1, 0.15) is 33.3 Å². The van der Waals surface area contributed by atoms with E-state index in [0.29, 0.717) is 18.9 Å². The van der Waals surface area contributed by atoms with Crippen molar-refractivity contribution in [2.45, 2.75) is 39.8 Å². The van der Waals surface area contributed by atoms with Gasteiger partial charge >= 0.3 is 0 Å². The highest BCUT2D eigenvalue weighted by molar-refractivity contribution is 5.41. The van der Waals surface area contributed by atoms with Gasteiger partial charge in [0.05, 0.1) is 12.2 Å². The summed E-state index contributed by atoms with van der Waals surface area (Å²) in [7, 11) is 0. The number of aromatic hydroxyl groups is 1. The SMILES string of the molecule is CCOc1cc(CNOC(C)(C)C)ccc1O. The molecule has 0 aliphatic heterocycles. The average Bonchev–Trinajstić information content (AvgIpc) is 2.21. The molecule has 0 saturated heterocycles. The molecule has 0 spiro atoms. The fourth-order valence-corrected chi connectivity index (χ4v) is 1.28. The minimum atomic E-state index is -0.223. The van der Waals surface area contributed by atoms with Gasteiger partial charge in [-0.3, -0.25) is 4.84 Å². The predicted octanol–water partition coefficient (Wildman–Crippen LogP) is 2.61. The van der Waals surface area contributed by atoms with E-state index in [9.17, 15) is 5.11 Å². The quantitative estimate of drug-likeness (QED) is 0.775. The topological polar surface area (TPSA) is 50.7 Å². The number of hydrogen-bond acceptors (Lipinski definition) is 4. The first kappa shape index (κ1) is 13.8. The first-order chi connectivity index (χ1) is 7.92. The number of benzene rings is 1. The van der Waals surface area contributed by atoms with E-state index in [1.165, 1.54) is 0 Å². The summed E-state index contributed by atoms with van der Waals surface area (Å²) in [5, 5.41) is 9.54. The summed E-state index contributed by atoms with van der Waals surface area (Å²) in [6.45, 7) is 8.90. The number of phenols is 1. The van der Waals surface area contributed by atoms with Crippen LogP contribution >= 0.6 is 0 Å². The summed E-state index contributed by atoms with van der Waals surface area (Å²) in [4.78, 5) is 5.41. The van der Waals surface area contributed by atoms with Crippen LogP contribution in [0.2, 0.25) is 0 Å². The molecule has 4 nitrogen and oxygen atoms in total. The molecule has 0 bridgehead atoms. The first-order valence-corrected chi connectivity index (χ1v) is 5.78. The van der Waals surface area contributed by atoms with Gasteiger partial charge in [0.15, 0.2) is 11.5 Å². The Labute approximate surface area is 103 Å². The molecular weight excluding hydrogens is 218 g/mol. The van der Waals surface area contributed by atoms with Crippen LogP contribution in [-0.4, -0.2) is 17.3 Å². The summed E-state index contributed by atoms with van der Waals surface area (Å²) in [5.41, 5.74) is 3.67. The van der Waals surface area contributed by atoms with E-state index in [0.717, 1.165) is 5.56 Å². The third-order valence-corrected chi connectivity index (χ3v) is 1.98. The second-order valence-corrected chi connectivity index (χ2v) is 4.77. The molecule has 0 fully saturated rings. The van der Waals surface area contributed by atoms with Crippen molar-refractivity contribution >= 4 is 0 Å². The molecule has 1 aromatic carbocycles. The lowest BCUT2D eigenvalue weighted by molar-refractivity contribution is -0.0757. The van der Waals surface area contributed by atoms with Gasteiger partial charge in [-0.25, -0.2) is 0 Å². The van der Waals surface area contributed by atoms with Gasteiger partial charge in [-0.15, -0.1) is 0 Å². The highest BCUT2D eigenvalue weighted by atomic mass is 16.7. The Hall–Kier alpha value is -1.26. The molecule has 0 unspecified atom stereocenters.